The summed E-state index contributed by atoms with van der Waals surface area (Å²) in [6.45, 7) is 2.01. The Kier molecular flexibility index (Phi) is 5.08. The van der Waals surface area contributed by atoms with E-state index in [1.807, 2.05) is 24.3 Å². The van der Waals surface area contributed by atoms with Crippen molar-refractivity contribution in [2.45, 2.75) is 24.9 Å². The largest absolute Gasteiger partial charge is 0.416 e. The summed E-state index contributed by atoms with van der Waals surface area (Å²) >= 11 is 0. The van der Waals surface area contributed by atoms with Gasteiger partial charge in [0.25, 0.3) is 5.91 Å². The molecule has 0 saturated carbocycles. The van der Waals surface area contributed by atoms with Crippen molar-refractivity contribution in [2.24, 2.45) is 0 Å². The van der Waals surface area contributed by atoms with Crippen molar-refractivity contribution in [3.05, 3.63) is 65.2 Å². The Hall–Kier alpha value is -2.34. The highest BCUT2D eigenvalue weighted by Gasteiger charge is 2.30. The summed E-state index contributed by atoms with van der Waals surface area (Å²) in [4.78, 5) is 12.2. The van der Waals surface area contributed by atoms with Crippen LogP contribution >= 0.6 is 0 Å². The van der Waals surface area contributed by atoms with E-state index in [1.54, 1.807) is 0 Å². The number of benzene rings is 2. The fourth-order valence-electron chi connectivity index (χ4n) is 2.99. The summed E-state index contributed by atoms with van der Waals surface area (Å²) in [5.41, 5.74) is 1.26. The molecule has 2 aromatic carbocycles. The Morgan fingerprint density at radius 3 is 2.28 bits per heavy atom. The molecule has 1 atom stereocenters. The minimum atomic E-state index is -4.40. The van der Waals surface area contributed by atoms with Crippen molar-refractivity contribution >= 4 is 11.6 Å². The Morgan fingerprint density at radius 2 is 1.72 bits per heavy atom. The molecule has 0 spiro atoms. The Bertz CT molecular complexity index is 718. The van der Waals surface area contributed by atoms with E-state index < -0.39 is 17.6 Å². The topological polar surface area (TPSA) is 41.1 Å². The van der Waals surface area contributed by atoms with Gasteiger partial charge >= 0.3 is 6.18 Å². The molecular weight excluding hydrogens is 329 g/mol. The quantitative estimate of drug-likeness (QED) is 0.862. The standard InChI is InChI=1S/C19H19F3N2O/c20-19(21,22)16-7-3-14(4-8-16)18(25)24-17-9-5-13(6-10-17)15-2-1-11-23-12-15/h3-10,15,23H,1-2,11-12H2,(H,24,25). The Morgan fingerprint density at radius 1 is 1.04 bits per heavy atom. The summed E-state index contributed by atoms with van der Waals surface area (Å²) in [6.07, 6.45) is -2.11. The molecule has 25 heavy (non-hydrogen) atoms. The van der Waals surface area contributed by atoms with Gasteiger partial charge in [-0.05, 0) is 67.3 Å². The summed E-state index contributed by atoms with van der Waals surface area (Å²) < 4.78 is 37.7. The highest BCUT2D eigenvalue weighted by molar-refractivity contribution is 6.04. The fourth-order valence-corrected chi connectivity index (χ4v) is 2.99. The molecule has 1 amide bonds. The van der Waals surface area contributed by atoms with E-state index in [-0.39, 0.29) is 5.56 Å². The van der Waals surface area contributed by atoms with Crippen molar-refractivity contribution in [1.29, 1.82) is 0 Å². The van der Waals surface area contributed by atoms with Crippen molar-refractivity contribution in [3.8, 4) is 0 Å². The van der Waals surface area contributed by atoms with Gasteiger partial charge in [0.05, 0.1) is 5.56 Å². The molecule has 0 radical (unpaired) electrons. The summed E-state index contributed by atoms with van der Waals surface area (Å²) in [6, 6.07) is 11.8. The van der Waals surface area contributed by atoms with Crippen molar-refractivity contribution in [1.82, 2.24) is 5.32 Å². The van der Waals surface area contributed by atoms with E-state index in [4.69, 9.17) is 0 Å². The summed E-state index contributed by atoms with van der Waals surface area (Å²) in [5.74, 6) is 0.0502. The van der Waals surface area contributed by atoms with Crippen LogP contribution in [0.2, 0.25) is 0 Å². The average Bonchev–Trinajstić information content (AvgIpc) is 2.62. The molecule has 3 rings (SSSR count). The molecular formula is C19H19F3N2O. The van der Waals surface area contributed by atoms with Crippen LogP contribution < -0.4 is 10.6 Å². The molecule has 132 valence electrons. The highest BCUT2D eigenvalue weighted by Crippen LogP contribution is 2.29. The van der Waals surface area contributed by atoms with Crippen LogP contribution in [0.1, 0.15) is 40.2 Å². The van der Waals surface area contributed by atoms with Gasteiger partial charge in [-0.15, -0.1) is 0 Å². The SMILES string of the molecule is O=C(Nc1ccc(C2CCCNC2)cc1)c1ccc(C(F)(F)F)cc1. The number of rotatable bonds is 3. The highest BCUT2D eigenvalue weighted by atomic mass is 19.4. The van der Waals surface area contributed by atoms with Gasteiger partial charge in [0.2, 0.25) is 0 Å². The monoisotopic (exact) mass is 348 g/mol. The van der Waals surface area contributed by atoms with Gasteiger partial charge in [-0.25, -0.2) is 0 Å². The number of nitrogens with one attached hydrogen (secondary N) is 2. The Balaban J connectivity index is 1.64. The molecule has 0 bridgehead atoms. The second kappa shape index (κ2) is 7.27. The first-order valence-electron chi connectivity index (χ1n) is 8.23. The molecule has 1 aliphatic rings. The van der Waals surface area contributed by atoms with Crippen LogP contribution in [0.5, 0.6) is 0 Å². The molecule has 1 saturated heterocycles. The first-order valence-corrected chi connectivity index (χ1v) is 8.23. The normalized spacial score (nSPS) is 18.0. The average molecular weight is 348 g/mol. The first kappa shape index (κ1) is 17.5. The number of carbonyl (C=O) groups is 1. The smallest absolute Gasteiger partial charge is 0.322 e. The fraction of sp³-hybridized carbons (Fsp3) is 0.316. The maximum absolute atomic E-state index is 12.6. The van der Waals surface area contributed by atoms with Gasteiger partial charge in [0, 0.05) is 17.8 Å². The molecule has 1 unspecified atom stereocenters. The van der Waals surface area contributed by atoms with Crippen LogP contribution in [0.15, 0.2) is 48.5 Å². The number of amides is 1. The van der Waals surface area contributed by atoms with Gasteiger partial charge in [-0.3, -0.25) is 4.79 Å². The maximum atomic E-state index is 12.6. The third kappa shape index (κ3) is 4.39. The number of hydrogen-bond acceptors (Lipinski definition) is 2. The predicted octanol–water partition coefficient (Wildman–Crippen LogP) is 4.42. The van der Waals surface area contributed by atoms with E-state index in [0.717, 1.165) is 38.1 Å². The van der Waals surface area contributed by atoms with Crippen LogP contribution in [0.3, 0.4) is 0 Å². The van der Waals surface area contributed by atoms with E-state index in [9.17, 15) is 18.0 Å². The molecule has 1 heterocycles. The van der Waals surface area contributed by atoms with Gasteiger partial charge in [-0.2, -0.15) is 13.2 Å². The van der Waals surface area contributed by atoms with E-state index in [1.165, 1.54) is 17.7 Å². The second-order valence-corrected chi connectivity index (χ2v) is 6.19. The number of carbonyl (C=O) groups excluding carboxylic acids is 1. The number of alkyl halides is 3. The van der Waals surface area contributed by atoms with Crippen LogP contribution in [-0.4, -0.2) is 19.0 Å². The minimum absolute atomic E-state index is 0.188. The van der Waals surface area contributed by atoms with Gasteiger partial charge in [0.15, 0.2) is 0 Å². The van der Waals surface area contributed by atoms with Gasteiger partial charge in [0.1, 0.15) is 0 Å². The first-order chi connectivity index (χ1) is 11.9. The lowest BCUT2D eigenvalue weighted by atomic mass is 9.91. The molecule has 1 fully saturated rings. The van der Waals surface area contributed by atoms with Crippen LogP contribution in [0, 0.1) is 0 Å². The molecule has 0 aliphatic carbocycles. The zero-order valence-electron chi connectivity index (χ0n) is 13.6. The zero-order valence-corrected chi connectivity index (χ0v) is 13.6. The second-order valence-electron chi connectivity index (χ2n) is 6.19. The van der Waals surface area contributed by atoms with E-state index in [0.29, 0.717) is 11.6 Å². The summed E-state index contributed by atoms with van der Waals surface area (Å²) in [5, 5.41) is 6.08. The Labute approximate surface area is 144 Å². The zero-order chi connectivity index (χ0) is 17.9. The van der Waals surface area contributed by atoms with Crippen LogP contribution in [0.25, 0.3) is 0 Å². The minimum Gasteiger partial charge on any atom is -0.322 e. The number of halogens is 3. The molecule has 2 N–H and O–H groups in total. The van der Waals surface area contributed by atoms with Crippen molar-refractivity contribution in [2.75, 3.05) is 18.4 Å². The summed E-state index contributed by atoms with van der Waals surface area (Å²) in [7, 11) is 0. The van der Waals surface area contributed by atoms with E-state index in [2.05, 4.69) is 10.6 Å². The molecule has 0 aromatic heterocycles. The molecule has 6 heteroatoms. The third-order valence-corrected chi connectivity index (χ3v) is 4.41. The lowest BCUT2D eigenvalue weighted by Gasteiger charge is -2.23. The van der Waals surface area contributed by atoms with Crippen LogP contribution in [0.4, 0.5) is 18.9 Å². The van der Waals surface area contributed by atoms with Gasteiger partial charge < -0.3 is 10.6 Å². The number of piperidine rings is 1. The lowest BCUT2D eigenvalue weighted by Crippen LogP contribution is -2.28. The number of hydrogen-bond donors (Lipinski definition) is 2. The van der Waals surface area contributed by atoms with Crippen molar-refractivity contribution in [3.63, 3.8) is 0 Å². The predicted molar refractivity (Wildman–Crippen MR) is 90.7 cm³/mol. The van der Waals surface area contributed by atoms with Crippen molar-refractivity contribution < 1.29 is 18.0 Å². The molecule has 3 nitrogen and oxygen atoms in total. The number of anilines is 1. The van der Waals surface area contributed by atoms with Crippen LogP contribution in [-0.2, 0) is 6.18 Å². The lowest BCUT2D eigenvalue weighted by molar-refractivity contribution is -0.137. The maximum Gasteiger partial charge on any atom is 0.416 e. The molecule has 1 aliphatic heterocycles. The molecule has 2 aromatic rings. The van der Waals surface area contributed by atoms with E-state index >= 15 is 0 Å². The third-order valence-electron chi connectivity index (χ3n) is 4.41. The van der Waals surface area contributed by atoms with Gasteiger partial charge in [-0.1, -0.05) is 12.1 Å².